The molecule has 0 unspecified atom stereocenters. The second-order valence-electron chi connectivity index (χ2n) is 4.98. The first-order valence-electron chi connectivity index (χ1n) is 7.23. The van der Waals surface area contributed by atoms with E-state index in [2.05, 4.69) is 10.3 Å². The summed E-state index contributed by atoms with van der Waals surface area (Å²) in [5.74, 6) is 0.460. The lowest BCUT2D eigenvalue weighted by atomic mass is 10.1. The Morgan fingerprint density at radius 2 is 1.96 bits per heavy atom. The van der Waals surface area contributed by atoms with Crippen LogP contribution in [0, 0.1) is 0 Å². The van der Waals surface area contributed by atoms with Crippen LogP contribution in [0.5, 0.6) is 5.75 Å². The molecule has 4 nitrogen and oxygen atoms in total. The van der Waals surface area contributed by atoms with Crippen LogP contribution in [0.1, 0.15) is 5.56 Å². The zero-order valence-corrected chi connectivity index (χ0v) is 12.7. The number of ether oxygens (including phenoxy) is 1. The van der Waals surface area contributed by atoms with Crippen LogP contribution in [0.25, 0.3) is 17.0 Å². The molecule has 1 amide bonds. The number of carbonyl (C=O) groups excluding carboxylic acids is 1. The van der Waals surface area contributed by atoms with E-state index in [9.17, 15) is 4.79 Å². The van der Waals surface area contributed by atoms with Crippen molar-refractivity contribution in [3.05, 3.63) is 72.4 Å². The van der Waals surface area contributed by atoms with Gasteiger partial charge in [-0.05, 0) is 23.8 Å². The van der Waals surface area contributed by atoms with Crippen LogP contribution >= 0.6 is 0 Å². The number of carbonyl (C=O) groups is 1. The maximum absolute atomic E-state index is 12.2. The van der Waals surface area contributed by atoms with Gasteiger partial charge in [-0.1, -0.05) is 36.4 Å². The van der Waals surface area contributed by atoms with Gasteiger partial charge in [0.1, 0.15) is 5.75 Å². The Balaban J connectivity index is 1.86. The van der Waals surface area contributed by atoms with Crippen molar-refractivity contribution >= 4 is 28.6 Å². The third-order valence-electron chi connectivity index (χ3n) is 3.40. The fourth-order valence-electron chi connectivity index (χ4n) is 2.29. The molecule has 3 rings (SSSR count). The number of nitrogens with one attached hydrogen (secondary N) is 1. The SMILES string of the molecule is COc1cc(NC(=O)C=Cc2ccccc2)c2ncccc2c1. The summed E-state index contributed by atoms with van der Waals surface area (Å²) in [6.45, 7) is 0. The van der Waals surface area contributed by atoms with Crippen molar-refractivity contribution in [3.8, 4) is 5.75 Å². The highest BCUT2D eigenvalue weighted by Crippen LogP contribution is 2.27. The van der Waals surface area contributed by atoms with Crippen molar-refractivity contribution in [1.29, 1.82) is 0 Å². The normalized spacial score (nSPS) is 10.8. The van der Waals surface area contributed by atoms with Crippen LogP contribution in [0.3, 0.4) is 0 Å². The maximum Gasteiger partial charge on any atom is 0.248 e. The number of fused-ring (bicyclic) bond motifs is 1. The number of amides is 1. The molecule has 0 fully saturated rings. The number of pyridine rings is 1. The molecule has 1 N–H and O–H groups in total. The minimum atomic E-state index is -0.214. The van der Waals surface area contributed by atoms with Gasteiger partial charge in [0.05, 0.1) is 18.3 Å². The summed E-state index contributed by atoms with van der Waals surface area (Å²) in [5.41, 5.74) is 2.33. The summed E-state index contributed by atoms with van der Waals surface area (Å²) < 4.78 is 5.28. The minimum Gasteiger partial charge on any atom is -0.497 e. The van der Waals surface area contributed by atoms with E-state index in [0.29, 0.717) is 11.4 Å². The van der Waals surface area contributed by atoms with E-state index in [4.69, 9.17) is 4.74 Å². The predicted octanol–water partition coefficient (Wildman–Crippen LogP) is 3.90. The standard InChI is InChI=1S/C19H16N2O2/c1-23-16-12-15-8-5-11-20-19(15)17(13-16)21-18(22)10-9-14-6-3-2-4-7-14/h2-13H,1H3,(H,21,22). The van der Waals surface area contributed by atoms with E-state index >= 15 is 0 Å². The summed E-state index contributed by atoms with van der Waals surface area (Å²) in [6, 6.07) is 17.1. The molecule has 0 spiro atoms. The van der Waals surface area contributed by atoms with E-state index in [0.717, 1.165) is 16.5 Å². The molecule has 114 valence electrons. The van der Waals surface area contributed by atoms with Gasteiger partial charge in [-0.15, -0.1) is 0 Å². The first-order valence-corrected chi connectivity index (χ1v) is 7.23. The minimum absolute atomic E-state index is 0.214. The lowest BCUT2D eigenvalue weighted by Gasteiger charge is -2.09. The van der Waals surface area contributed by atoms with Gasteiger partial charge in [-0.2, -0.15) is 0 Å². The zero-order valence-electron chi connectivity index (χ0n) is 12.7. The molecule has 0 atom stereocenters. The number of anilines is 1. The van der Waals surface area contributed by atoms with Crippen molar-refractivity contribution < 1.29 is 9.53 Å². The highest BCUT2D eigenvalue weighted by molar-refractivity contribution is 6.06. The fraction of sp³-hybridized carbons (Fsp3) is 0.0526. The first-order chi connectivity index (χ1) is 11.3. The first kappa shape index (κ1) is 14.8. The lowest BCUT2D eigenvalue weighted by Crippen LogP contribution is -2.08. The molecule has 23 heavy (non-hydrogen) atoms. The summed E-state index contributed by atoms with van der Waals surface area (Å²) in [6.07, 6.45) is 4.97. The summed E-state index contributed by atoms with van der Waals surface area (Å²) in [7, 11) is 1.60. The Bertz CT molecular complexity index is 858. The van der Waals surface area contributed by atoms with Crippen molar-refractivity contribution in [2.45, 2.75) is 0 Å². The van der Waals surface area contributed by atoms with Gasteiger partial charge in [0, 0.05) is 23.7 Å². The van der Waals surface area contributed by atoms with E-state index in [1.807, 2.05) is 48.5 Å². The van der Waals surface area contributed by atoms with Gasteiger partial charge in [-0.3, -0.25) is 9.78 Å². The van der Waals surface area contributed by atoms with Gasteiger partial charge in [0.2, 0.25) is 5.91 Å². The Hall–Kier alpha value is -3.14. The fourth-order valence-corrected chi connectivity index (χ4v) is 2.29. The number of nitrogens with zero attached hydrogens (tertiary/aromatic N) is 1. The quantitative estimate of drug-likeness (QED) is 0.744. The Morgan fingerprint density at radius 3 is 2.74 bits per heavy atom. The number of rotatable bonds is 4. The molecule has 0 saturated carbocycles. The summed E-state index contributed by atoms with van der Waals surface area (Å²) in [4.78, 5) is 16.5. The van der Waals surface area contributed by atoms with E-state index in [1.54, 1.807) is 25.4 Å². The van der Waals surface area contributed by atoms with Crippen molar-refractivity contribution in [3.63, 3.8) is 0 Å². The van der Waals surface area contributed by atoms with Gasteiger partial charge in [-0.25, -0.2) is 0 Å². The monoisotopic (exact) mass is 304 g/mol. The summed E-state index contributed by atoms with van der Waals surface area (Å²) >= 11 is 0. The van der Waals surface area contributed by atoms with E-state index < -0.39 is 0 Å². The predicted molar refractivity (Wildman–Crippen MR) is 92.4 cm³/mol. The maximum atomic E-state index is 12.2. The Kier molecular flexibility index (Phi) is 4.34. The number of aromatic nitrogens is 1. The zero-order chi connectivity index (χ0) is 16.1. The second-order valence-corrected chi connectivity index (χ2v) is 4.98. The van der Waals surface area contributed by atoms with Crippen LogP contribution in [-0.4, -0.2) is 18.0 Å². The number of benzene rings is 2. The smallest absolute Gasteiger partial charge is 0.248 e. The van der Waals surface area contributed by atoms with Crippen LogP contribution in [-0.2, 0) is 4.79 Å². The van der Waals surface area contributed by atoms with Crippen LogP contribution in [0.2, 0.25) is 0 Å². The number of hydrogen-bond donors (Lipinski definition) is 1. The number of methoxy groups -OCH3 is 1. The molecule has 1 heterocycles. The molecule has 0 aliphatic rings. The molecule has 2 aromatic carbocycles. The average molecular weight is 304 g/mol. The lowest BCUT2D eigenvalue weighted by molar-refractivity contribution is -0.111. The largest absolute Gasteiger partial charge is 0.497 e. The highest BCUT2D eigenvalue weighted by Gasteiger charge is 2.07. The topological polar surface area (TPSA) is 51.2 Å². The molecule has 4 heteroatoms. The van der Waals surface area contributed by atoms with Crippen LogP contribution in [0.4, 0.5) is 5.69 Å². The molecule has 0 saturated heterocycles. The van der Waals surface area contributed by atoms with Crippen molar-refractivity contribution in [1.82, 2.24) is 4.98 Å². The molecule has 0 aliphatic carbocycles. The molecule has 1 aromatic heterocycles. The second kappa shape index (κ2) is 6.75. The average Bonchev–Trinajstić information content (AvgIpc) is 2.60. The third-order valence-corrected chi connectivity index (χ3v) is 3.40. The van der Waals surface area contributed by atoms with E-state index in [1.165, 1.54) is 6.08 Å². The van der Waals surface area contributed by atoms with E-state index in [-0.39, 0.29) is 5.91 Å². The molecular formula is C19H16N2O2. The van der Waals surface area contributed by atoms with Crippen molar-refractivity contribution in [2.75, 3.05) is 12.4 Å². The van der Waals surface area contributed by atoms with Gasteiger partial charge < -0.3 is 10.1 Å². The number of hydrogen-bond acceptors (Lipinski definition) is 3. The Morgan fingerprint density at radius 1 is 1.13 bits per heavy atom. The third kappa shape index (κ3) is 3.55. The summed E-state index contributed by atoms with van der Waals surface area (Å²) in [5, 5.41) is 3.77. The van der Waals surface area contributed by atoms with Gasteiger partial charge >= 0.3 is 0 Å². The van der Waals surface area contributed by atoms with Crippen LogP contribution < -0.4 is 10.1 Å². The highest BCUT2D eigenvalue weighted by atomic mass is 16.5. The molecule has 0 aliphatic heterocycles. The molecular weight excluding hydrogens is 288 g/mol. The van der Waals surface area contributed by atoms with Crippen molar-refractivity contribution in [2.24, 2.45) is 0 Å². The van der Waals surface area contributed by atoms with Crippen LogP contribution in [0.15, 0.2) is 66.9 Å². The molecule has 3 aromatic rings. The molecule has 0 radical (unpaired) electrons. The van der Waals surface area contributed by atoms with Gasteiger partial charge in [0.25, 0.3) is 0 Å². The Labute approximate surface area is 134 Å². The molecule has 0 bridgehead atoms. The van der Waals surface area contributed by atoms with Gasteiger partial charge in [0.15, 0.2) is 0 Å².